The SMILES string of the molecule is CC(C)(C)OC(=O)NCCCC[C@H](NC(=O)c1cccc(CNc2ccc(/C=C3\SC(=O)NC3=O)cc2)c1)C(=O)O. The third-order valence-corrected chi connectivity index (χ3v) is 6.54. The molecule has 2 aromatic rings. The van der Waals surface area contributed by atoms with Crippen LogP contribution >= 0.6 is 11.8 Å². The minimum absolute atomic E-state index is 0.213. The van der Waals surface area contributed by atoms with Crippen LogP contribution in [-0.4, -0.2) is 52.4 Å². The molecule has 12 heteroatoms. The predicted molar refractivity (Wildman–Crippen MR) is 156 cm³/mol. The Kier molecular flexibility index (Phi) is 10.9. The molecule has 0 unspecified atom stereocenters. The van der Waals surface area contributed by atoms with Gasteiger partial charge in [0.15, 0.2) is 0 Å². The van der Waals surface area contributed by atoms with Crippen molar-refractivity contribution in [3.05, 3.63) is 70.1 Å². The highest BCUT2D eigenvalue weighted by atomic mass is 32.2. The number of anilines is 1. The van der Waals surface area contributed by atoms with E-state index in [4.69, 9.17) is 4.74 Å². The summed E-state index contributed by atoms with van der Waals surface area (Å²) in [5.41, 5.74) is 2.15. The zero-order chi connectivity index (χ0) is 30.0. The van der Waals surface area contributed by atoms with Gasteiger partial charge in [-0.15, -0.1) is 0 Å². The van der Waals surface area contributed by atoms with E-state index in [0.29, 0.717) is 36.4 Å². The number of rotatable bonds is 12. The first-order valence-electron chi connectivity index (χ1n) is 13.1. The van der Waals surface area contributed by atoms with Gasteiger partial charge in [0.2, 0.25) is 0 Å². The molecular weight excluding hydrogens is 548 g/mol. The molecule has 0 saturated carbocycles. The van der Waals surface area contributed by atoms with Crippen molar-refractivity contribution >= 4 is 52.6 Å². The van der Waals surface area contributed by atoms with Gasteiger partial charge in [0.05, 0.1) is 4.91 Å². The first-order chi connectivity index (χ1) is 19.4. The molecule has 218 valence electrons. The van der Waals surface area contributed by atoms with Crippen LogP contribution in [0.2, 0.25) is 0 Å². The molecule has 1 heterocycles. The van der Waals surface area contributed by atoms with Crippen molar-refractivity contribution in [2.45, 2.75) is 58.2 Å². The topological polar surface area (TPSA) is 163 Å². The van der Waals surface area contributed by atoms with E-state index >= 15 is 0 Å². The molecular formula is C29H34N4O7S. The number of alkyl carbamates (subject to hydrolysis) is 1. The van der Waals surface area contributed by atoms with Crippen molar-refractivity contribution in [3.63, 3.8) is 0 Å². The second-order valence-corrected chi connectivity index (χ2v) is 11.3. The number of ether oxygens (including phenoxy) is 1. The number of amides is 4. The molecule has 1 aliphatic heterocycles. The Labute approximate surface area is 242 Å². The van der Waals surface area contributed by atoms with Gasteiger partial charge in [-0.1, -0.05) is 24.3 Å². The number of thioether (sulfide) groups is 1. The minimum Gasteiger partial charge on any atom is -0.480 e. The van der Waals surface area contributed by atoms with Gasteiger partial charge in [-0.25, -0.2) is 9.59 Å². The quantitative estimate of drug-likeness (QED) is 0.179. The molecule has 0 aliphatic carbocycles. The summed E-state index contributed by atoms with van der Waals surface area (Å²) in [5.74, 6) is -2.03. The van der Waals surface area contributed by atoms with E-state index in [0.717, 1.165) is 28.6 Å². The van der Waals surface area contributed by atoms with Crippen molar-refractivity contribution in [2.75, 3.05) is 11.9 Å². The van der Waals surface area contributed by atoms with Crippen LogP contribution in [0.1, 0.15) is 61.5 Å². The number of hydrogen-bond donors (Lipinski definition) is 5. The summed E-state index contributed by atoms with van der Waals surface area (Å²) in [6.45, 7) is 6.05. The van der Waals surface area contributed by atoms with Crippen LogP contribution in [0.15, 0.2) is 53.4 Å². The maximum atomic E-state index is 12.8. The van der Waals surface area contributed by atoms with Crippen LogP contribution < -0.4 is 21.3 Å². The van der Waals surface area contributed by atoms with E-state index in [1.807, 2.05) is 30.3 Å². The van der Waals surface area contributed by atoms with Crippen LogP contribution in [0, 0.1) is 0 Å². The summed E-state index contributed by atoms with van der Waals surface area (Å²) < 4.78 is 5.16. The summed E-state index contributed by atoms with van der Waals surface area (Å²) in [6.07, 6.45) is 2.34. The lowest BCUT2D eigenvalue weighted by Crippen LogP contribution is -2.41. The maximum Gasteiger partial charge on any atom is 0.407 e. The highest BCUT2D eigenvalue weighted by molar-refractivity contribution is 8.18. The molecule has 0 spiro atoms. The molecule has 0 radical (unpaired) electrons. The lowest BCUT2D eigenvalue weighted by Gasteiger charge is -2.19. The average molecular weight is 583 g/mol. The fraction of sp³-hybridized carbons (Fsp3) is 0.345. The van der Waals surface area contributed by atoms with Gasteiger partial charge in [0, 0.05) is 24.3 Å². The van der Waals surface area contributed by atoms with Gasteiger partial charge in [-0.3, -0.25) is 19.7 Å². The van der Waals surface area contributed by atoms with Crippen molar-refractivity contribution in [1.29, 1.82) is 0 Å². The second-order valence-electron chi connectivity index (χ2n) is 10.3. The first kappa shape index (κ1) is 31.2. The van der Waals surface area contributed by atoms with E-state index < -0.39 is 40.8 Å². The Hall–Kier alpha value is -4.32. The second kappa shape index (κ2) is 14.4. The number of benzene rings is 2. The molecule has 11 nitrogen and oxygen atoms in total. The third-order valence-electron chi connectivity index (χ3n) is 5.73. The Bertz CT molecular complexity index is 1320. The Balaban J connectivity index is 1.47. The number of carbonyl (C=O) groups is 5. The summed E-state index contributed by atoms with van der Waals surface area (Å²) in [4.78, 5) is 59.6. The van der Waals surface area contributed by atoms with E-state index in [1.165, 1.54) is 0 Å². The van der Waals surface area contributed by atoms with E-state index in [9.17, 15) is 29.1 Å². The van der Waals surface area contributed by atoms with Crippen molar-refractivity contribution in [1.82, 2.24) is 16.0 Å². The number of unbranched alkanes of at least 4 members (excludes halogenated alkanes) is 1. The summed E-state index contributed by atoms with van der Waals surface area (Å²) >= 11 is 0.859. The van der Waals surface area contributed by atoms with Crippen LogP contribution in [0.4, 0.5) is 15.3 Å². The highest BCUT2D eigenvalue weighted by Crippen LogP contribution is 2.26. The molecule has 4 amide bonds. The average Bonchev–Trinajstić information content (AvgIpc) is 3.22. The standard InChI is InChI=1S/C29H34N4O7S/c1-29(2,3)40-27(38)30-14-5-4-9-22(26(36)37)32-24(34)20-8-6-7-19(15-20)17-31-21-12-10-18(11-13-21)16-23-25(35)33-28(39)41-23/h6-8,10-13,15-16,22,31H,4-5,9,14,17H2,1-3H3,(H,30,38)(H,32,34)(H,36,37)(H,33,35,39)/b23-16-/t22-/m0/s1. The number of hydrogen-bond acceptors (Lipinski definition) is 8. The summed E-state index contributed by atoms with van der Waals surface area (Å²) in [7, 11) is 0. The molecule has 1 aliphatic rings. The molecule has 0 aromatic heterocycles. The zero-order valence-corrected chi connectivity index (χ0v) is 23.9. The van der Waals surface area contributed by atoms with Gasteiger partial charge >= 0.3 is 12.1 Å². The number of imide groups is 1. The molecule has 2 aromatic carbocycles. The normalized spacial score (nSPS) is 14.8. The molecule has 3 rings (SSSR count). The van der Waals surface area contributed by atoms with Gasteiger partial charge in [-0.05, 0) is 93.3 Å². The first-order valence-corrected chi connectivity index (χ1v) is 13.9. The molecule has 5 N–H and O–H groups in total. The van der Waals surface area contributed by atoms with Crippen LogP contribution in [0.3, 0.4) is 0 Å². The van der Waals surface area contributed by atoms with Crippen molar-refractivity contribution < 1.29 is 33.8 Å². The van der Waals surface area contributed by atoms with Gasteiger partial charge < -0.3 is 25.8 Å². The molecule has 1 atom stereocenters. The van der Waals surface area contributed by atoms with Gasteiger partial charge in [0.1, 0.15) is 11.6 Å². The summed E-state index contributed by atoms with van der Waals surface area (Å²) in [5, 5.41) is 19.9. The van der Waals surface area contributed by atoms with Crippen molar-refractivity contribution in [3.8, 4) is 0 Å². The Morgan fingerprint density at radius 2 is 1.80 bits per heavy atom. The van der Waals surface area contributed by atoms with Crippen LogP contribution in [0.5, 0.6) is 0 Å². The number of nitrogens with one attached hydrogen (secondary N) is 4. The third kappa shape index (κ3) is 10.6. The lowest BCUT2D eigenvalue weighted by atomic mass is 10.1. The maximum absolute atomic E-state index is 12.8. The predicted octanol–water partition coefficient (Wildman–Crippen LogP) is 4.50. The number of aliphatic carboxylic acids is 1. The van der Waals surface area contributed by atoms with E-state index in [1.54, 1.807) is 45.0 Å². The smallest absolute Gasteiger partial charge is 0.407 e. The fourth-order valence-corrected chi connectivity index (χ4v) is 4.46. The summed E-state index contributed by atoms with van der Waals surface area (Å²) in [6, 6.07) is 13.1. The lowest BCUT2D eigenvalue weighted by molar-refractivity contribution is -0.139. The van der Waals surface area contributed by atoms with E-state index in [2.05, 4.69) is 21.3 Å². The minimum atomic E-state index is -1.13. The van der Waals surface area contributed by atoms with E-state index in [-0.39, 0.29) is 6.42 Å². The number of carboxylic acids is 1. The van der Waals surface area contributed by atoms with Gasteiger partial charge in [-0.2, -0.15) is 0 Å². The van der Waals surface area contributed by atoms with Crippen molar-refractivity contribution in [2.24, 2.45) is 0 Å². The van der Waals surface area contributed by atoms with Gasteiger partial charge in [0.25, 0.3) is 17.1 Å². The fourth-order valence-electron chi connectivity index (χ4n) is 3.77. The van der Waals surface area contributed by atoms with Crippen LogP contribution in [-0.2, 0) is 20.9 Å². The monoisotopic (exact) mass is 582 g/mol. The molecule has 1 saturated heterocycles. The molecule has 0 bridgehead atoms. The molecule has 1 fully saturated rings. The Morgan fingerprint density at radius 1 is 1.07 bits per heavy atom. The van der Waals surface area contributed by atoms with Crippen LogP contribution in [0.25, 0.3) is 6.08 Å². The highest BCUT2D eigenvalue weighted by Gasteiger charge is 2.25. The zero-order valence-electron chi connectivity index (χ0n) is 23.1. The largest absolute Gasteiger partial charge is 0.480 e. The number of carbonyl (C=O) groups excluding carboxylic acids is 4. The Morgan fingerprint density at radius 3 is 2.44 bits per heavy atom. The molecule has 41 heavy (non-hydrogen) atoms. The number of carboxylic acid groups (broad SMARTS) is 1.